The second-order valence-corrected chi connectivity index (χ2v) is 9.71. The molecule has 0 radical (unpaired) electrons. The normalized spacial score (nSPS) is 16.1. The molecule has 0 amide bonds. The van der Waals surface area contributed by atoms with Gasteiger partial charge in [0.2, 0.25) is 0 Å². The molecule has 3 aromatic carbocycles. The summed E-state index contributed by atoms with van der Waals surface area (Å²) in [7, 11) is -3.87. The van der Waals surface area contributed by atoms with Crippen molar-refractivity contribution in [3.8, 4) is 0 Å². The van der Waals surface area contributed by atoms with Gasteiger partial charge in [-0.15, -0.1) is 0 Å². The smallest absolute Gasteiger partial charge is 0.264 e. The van der Waals surface area contributed by atoms with Gasteiger partial charge in [0, 0.05) is 12.1 Å². The van der Waals surface area contributed by atoms with E-state index in [0.717, 1.165) is 28.7 Å². The van der Waals surface area contributed by atoms with Gasteiger partial charge in [-0.05, 0) is 49.4 Å². The molecule has 5 nitrogen and oxygen atoms in total. The Kier molecular flexibility index (Phi) is 6.42. The van der Waals surface area contributed by atoms with Crippen molar-refractivity contribution in [2.24, 2.45) is 5.16 Å². The van der Waals surface area contributed by atoms with Crippen LogP contribution >= 0.6 is 0 Å². The van der Waals surface area contributed by atoms with Gasteiger partial charge in [-0.3, -0.25) is 4.31 Å². The number of hydrogen-bond donors (Lipinski definition) is 1. The summed E-state index contributed by atoms with van der Waals surface area (Å²) in [6.07, 6.45) is 1.90. The van der Waals surface area contributed by atoms with Gasteiger partial charge in [0.1, 0.15) is 5.71 Å². The molecule has 32 heavy (non-hydrogen) atoms. The van der Waals surface area contributed by atoms with Gasteiger partial charge in [0.05, 0.1) is 10.6 Å². The van der Waals surface area contributed by atoms with Crippen LogP contribution in [0, 0.1) is 6.92 Å². The largest absolute Gasteiger partial charge is 0.411 e. The molecule has 1 heterocycles. The second kappa shape index (κ2) is 9.40. The summed E-state index contributed by atoms with van der Waals surface area (Å²) in [6, 6.07) is 26.2. The van der Waals surface area contributed by atoms with Gasteiger partial charge in [0.25, 0.3) is 10.0 Å². The Hall–Kier alpha value is -3.38. The number of sulfonamides is 1. The van der Waals surface area contributed by atoms with Gasteiger partial charge in [-0.25, -0.2) is 8.42 Å². The van der Waals surface area contributed by atoms with Crippen molar-refractivity contribution in [3.05, 3.63) is 107 Å². The molecule has 1 saturated heterocycles. The number of rotatable bonds is 4. The molecule has 1 fully saturated rings. The molecule has 0 spiro atoms. The molecule has 3 aromatic rings. The third-order valence-electron chi connectivity index (χ3n) is 5.64. The van der Waals surface area contributed by atoms with Crippen LogP contribution < -0.4 is 0 Å². The van der Waals surface area contributed by atoms with Gasteiger partial charge < -0.3 is 5.21 Å². The van der Waals surface area contributed by atoms with E-state index in [9.17, 15) is 13.6 Å². The van der Waals surface area contributed by atoms with Crippen LogP contribution in [0.15, 0.2) is 101 Å². The molecule has 1 aliphatic rings. The van der Waals surface area contributed by atoms with Crippen molar-refractivity contribution < 1.29 is 13.6 Å². The summed E-state index contributed by atoms with van der Waals surface area (Å²) in [6.45, 7) is 2.24. The highest BCUT2D eigenvalue weighted by molar-refractivity contribution is 7.89. The third kappa shape index (κ3) is 4.32. The lowest BCUT2D eigenvalue weighted by molar-refractivity contribution is 0.317. The van der Waals surface area contributed by atoms with Crippen molar-refractivity contribution in [1.29, 1.82) is 0 Å². The third-order valence-corrected chi connectivity index (χ3v) is 7.45. The van der Waals surface area contributed by atoms with Crippen molar-refractivity contribution in [2.75, 3.05) is 6.54 Å². The topological polar surface area (TPSA) is 70.0 Å². The van der Waals surface area contributed by atoms with Crippen LogP contribution in [-0.2, 0) is 10.0 Å². The van der Waals surface area contributed by atoms with E-state index >= 15 is 0 Å². The first-order chi connectivity index (χ1) is 15.5. The monoisotopic (exact) mass is 446 g/mol. The maximum absolute atomic E-state index is 13.8. The molecule has 6 heteroatoms. The maximum atomic E-state index is 13.8. The van der Waals surface area contributed by atoms with Crippen molar-refractivity contribution in [2.45, 2.75) is 31.1 Å². The van der Waals surface area contributed by atoms with E-state index in [1.54, 1.807) is 24.3 Å². The number of benzene rings is 3. The molecular formula is C26H26N2O3S. The van der Waals surface area contributed by atoms with Crippen LogP contribution in [0.3, 0.4) is 0 Å². The zero-order chi connectivity index (χ0) is 22.6. The highest BCUT2D eigenvalue weighted by Gasteiger charge is 2.34. The zero-order valence-electron chi connectivity index (χ0n) is 18.0. The summed E-state index contributed by atoms with van der Waals surface area (Å²) < 4.78 is 29.1. The summed E-state index contributed by atoms with van der Waals surface area (Å²) >= 11 is 0. The average Bonchev–Trinajstić information content (AvgIpc) is 3.04. The number of oxime groups is 1. The van der Waals surface area contributed by atoms with E-state index in [1.807, 2.05) is 67.6 Å². The molecule has 4 rings (SSSR count). The van der Waals surface area contributed by atoms with E-state index in [-0.39, 0.29) is 4.90 Å². The molecule has 1 N–H and O–H groups in total. The Morgan fingerprint density at radius 1 is 0.844 bits per heavy atom. The predicted octanol–water partition coefficient (Wildman–Crippen LogP) is 5.46. The summed E-state index contributed by atoms with van der Waals surface area (Å²) in [5.74, 6) is 0. The number of hydrogen-bond acceptors (Lipinski definition) is 4. The Bertz CT molecular complexity index is 1190. The number of aryl methyl sites for hydroxylation is 1. The summed E-state index contributed by atoms with van der Waals surface area (Å²) in [5.41, 5.74) is 4.25. The quantitative estimate of drug-likeness (QED) is 0.427. The highest BCUT2D eigenvalue weighted by atomic mass is 32.2. The molecule has 164 valence electrons. The van der Waals surface area contributed by atoms with Crippen molar-refractivity contribution in [1.82, 2.24) is 4.31 Å². The first-order valence-electron chi connectivity index (χ1n) is 10.7. The van der Waals surface area contributed by atoms with Gasteiger partial charge in [-0.1, -0.05) is 83.5 Å². The van der Waals surface area contributed by atoms with Crippen LogP contribution in [0.1, 0.15) is 36.0 Å². The Labute approximate surface area is 189 Å². The van der Waals surface area contributed by atoms with E-state index in [2.05, 4.69) is 5.16 Å². The van der Waals surface area contributed by atoms with Crippen molar-refractivity contribution >= 4 is 21.3 Å². The molecule has 1 aliphatic heterocycles. The molecule has 0 atom stereocenters. The fourth-order valence-corrected chi connectivity index (χ4v) is 5.56. The van der Waals surface area contributed by atoms with E-state index in [4.69, 9.17) is 0 Å². The fourth-order valence-electron chi connectivity index (χ4n) is 4.02. The predicted molar refractivity (Wildman–Crippen MR) is 127 cm³/mol. The zero-order valence-corrected chi connectivity index (χ0v) is 18.8. The Morgan fingerprint density at radius 2 is 1.41 bits per heavy atom. The van der Waals surface area contributed by atoms with E-state index in [1.165, 1.54) is 4.31 Å². The minimum Gasteiger partial charge on any atom is -0.411 e. The second-order valence-electron chi connectivity index (χ2n) is 7.85. The van der Waals surface area contributed by atoms with Crippen molar-refractivity contribution in [3.63, 3.8) is 0 Å². The summed E-state index contributed by atoms with van der Waals surface area (Å²) in [4.78, 5) is 0.222. The lowest BCUT2D eigenvalue weighted by Gasteiger charge is -2.28. The molecular weight excluding hydrogens is 420 g/mol. The van der Waals surface area contributed by atoms with Gasteiger partial charge in [-0.2, -0.15) is 0 Å². The fraction of sp³-hybridized carbons (Fsp3) is 0.192. The summed E-state index contributed by atoms with van der Waals surface area (Å²) in [5, 5.41) is 13.5. The first kappa shape index (κ1) is 21.8. The lowest BCUT2D eigenvalue weighted by Crippen LogP contribution is -2.34. The van der Waals surface area contributed by atoms with Crippen LogP contribution in [0.2, 0.25) is 0 Å². The molecule has 0 aliphatic carbocycles. The first-order valence-corrected chi connectivity index (χ1v) is 12.1. The van der Waals surface area contributed by atoms with Gasteiger partial charge >= 0.3 is 0 Å². The Balaban J connectivity index is 2.04. The molecule has 0 unspecified atom stereocenters. The molecule has 0 saturated carbocycles. The van der Waals surface area contributed by atoms with Crippen LogP contribution in [0.5, 0.6) is 0 Å². The van der Waals surface area contributed by atoms with E-state index in [0.29, 0.717) is 30.8 Å². The molecule has 0 aromatic heterocycles. The Morgan fingerprint density at radius 3 is 1.94 bits per heavy atom. The van der Waals surface area contributed by atoms with Crippen LogP contribution in [-0.4, -0.2) is 30.2 Å². The minimum atomic E-state index is -3.87. The van der Waals surface area contributed by atoms with Crippen LogP contribution in [0.25, 0.3) is 5.57 Å². The van der Waals surface area contributed by atoms with Crippen LogP contribution in [0.4, 0.5) is 0 Å². The van der Waals surface area contributed by atoms with Gasteiger partial charge in [0.15, 0.2) is 0 Å². The number of allylic oxidation sites excluding steroid dienone is 1. The standard InChI is InChI=1S/C26H26N2O3S/c1-20-15-17-23(18-16-20)32(30,31)28-19-9-8-14-24(27-29)26(28)25(21-10-4-2-5-11-21)22-12-6-3-7-13-22/h2-7,10-13,15-18,29H,8-9,14,19H2,1H3/b27-24+. The molecule has 0 bridgehead atoms. The maximum Gasteiger partial charge on any atom is 0.264 e. The average molecular weight is 447 g/mol. The lowest BCUT2D eigenvalue weighted by atomic mass is 9.93. The SMILES string of the molecule is Cc1ccc(S(=O)(=O)N2CCCC/C(=N\O)C2=C(c2ccccc2)c2ccccc2)cc1. The number of nitrogens with zero attached hydrogens (tertiary/aromatic N) is 2. The minimum absolute atomic E-state index is 0.222. The van der Waals surface area contributed by atoms with E-state index < -0.39 is 10.0 Å². The highest BCUT2D eigenvalue weighted by Crippen LogP contribution is 2.35.